The number of amides is 1. The van der Waals surface area contributed by atoms with E-state index in [1.165, 1.54) is 16.4 Å². The van der Waals surface area contributed by atoms with Crippen LogP contribution in [0.1, 0.15) is 6.92 Å². The van der Waals surface area contributed by atoms with Crippen LogP contribution in [0.15, 0.2) is 65.6 Å². The molecule has 1 aliphatic heterocycles. The van der Waals surface area contributed by atoms with Gasteiger partial charge in [-0.05, 0) is 41.8 Å². The van der Waals surface area contributed by atoms with Gasteiger partial charge in [0.1, 0.15) is 11.0 Å². The van der Waals surface area contributed by atoms with Gasteiger partial charge < -0.3 is 14.5 Å². The molecule has 0 atom stereocenters. The smallest absolute Gasteiger partial charge is 0.267 e. The summed E-state index contributed by atoms with van der Waals surface area (Å²) in [5, 5.41) is 9.99. The van der Waals surface area contributed by atoms with Gasteiger partial charge in [-0.2, -0.15) is 4.31 Å². The number of morpholine rings is 1. The second kappa shape index (κ2) is 9.61. The lowest BCUT2D eigenvalue weighted by molar-refractivity contribution is -0.123. The van der Waals surface area contributed by atoms with Gasteiger partial charge in [0.2, 0.25) is 10.0 Å². The fourth-order valence-electron chi connectivity index (χ4n) is 4.19. The van der Waals surface area contributed by atoms with E-state index in [1.54, 1.807) is 11.0 Å². The summed E-state index contributed by atoms with van der Waals surface area (Å²) in [6.45, 7) is 3.36. The largest absolute Gasteiger partial charge is 0.385 e. The second-order valence-electron chi connectivity index (χ2n) is 8.04. The van der Waals surface area contributed by atoms with Crippen LogP contribution in [0.25, 0.3) is 21.8 Å². The Morgan fingerprint density at radius 1 is 1.09 bits per heavy atom. The highest BCUT2D eigenvalue weighted by atomic mass is 32.2. The quantitative estimate of drug-likeness (QED) is 0.386. The number of hydrogen-bond acceptors (Lipinski definition) is 7. The first-order chi connectivity index (χ1) is 17.0. The molecule has 0 radical (unpaired) electrons. The monoisotopic (exact) mass is 495 g/mol. The molecule has 1 amide bonds. The van der Waals surface area contributed by atoms with Crippen LogP contribution in [-0.4, -0.2) is 73.2 Å². The molecule has 0 spiro atoms. The Bertz CT molecular complexity index is 1470. The standard InChI is InChI=1S/C24H25N5O5S/c1-2-28(22-9-5-7-18-6-3-4-8-20(18)22)24(30)17-34-29-23-16-19(10-11-21(23)25-26-29)35(31,32)27-12-14-33-15-13-27/h3-11,16H,2,12-15,17H2,1H3. The molecular weight excluding hydrogens is 470 g/mol. The summed E-state index contributed by atoms with van der Waals surface area (Å²) < 4.78 is 32.7. The maximum atomic E-state index is 13.1. The third kappa shape index (κ3) is 4.45. The number of nitrogens with zero attached hydrogens (tertiary/aromatic N) is 5. The van der Waals surface area contributed by atoms with Crippen molar-refractivity contribution in [2.45, 2.75) is 11.8 Å². The van der Waals surface area contributed by atoms with Gasteiger partial charge in [0.05, 0.1) is 23.8 Å². The molecule has 5 rings (SSSR count). The van der Waals surface area contributed by atoms with E-state index in [1.807, 2.05) is 49.4 Å². The third-order valence-electron chi connectivity index (χ3n) is 5.98. The molecule has 0 unspecified atom stereocenters. The van der Waals surface area contributed by atoms with Crippen LogP contribution in [0.4, 0.5) is 5.69 Å². The molecule has 11 heteroatoms. The molecule has 35 heavy (non-hydrogen) atoms. The first-order valence-corrected chi connectivity index (χ1v) is 12.8. The lowest BCUT2D eigenvalue weighted by Crippen LogP contribution is -2.40. The minimum atomic E-state index is -3.70. The van der Waals surface area contributed by atoms with Crippen molar-refractivity contribution in [3.05, 3.63) is 60.7 Å². The number of benzene rings is 3. The predicted molar refractivity (Wildman–Crippen MR) is 131 cm³/mol. The number of anilines is 1. The van der Waals surface area contributed by atoms with Gasteiger partial charge in [-0.25, -0.2) is 8.42 Å². The van der Waals surface area contributed by atoms with Crippen molar-refractivity contribution in [2.75, 3.05) is 44.4 Å². The summed E-state index contributed by atoms with van der Waals surface area (Å²) in [6, 6.07) is 18.2. The van der Waals surface area contributed by atoms with E-state index in [-0.39, 0.29) is 17.4 Å². The van der Waals surface area contributed by atoms with E-state index < -0.39 is 10.0 Å². The molecule has 1 aliphatic rings. The molecule has 0 bridgehead atoms. The van der Waals surface area contributed by atoms with Crippen molar-refractivity contribution in [1.82, 2.24) is 19.5 Å². The van der Waals surface area contributed by atoms with Gasteiger partial charge in [0.25, 0.3) is 5.91 Å². The number of likely N-dealkylation sites (N-methyl/N-ethyl adjacent to an activating group) is 1. The SMILES string of the molecule is CCN(C(=O)COn1nnc2ccc(S(=O)(=O)N3CCOCC3)cc21)c1cccc2ccccc12. The first kappa shape index (κ1) is 23.2. The number of sulfonamides is 1. The van der Waals surface area contributed by atoms with Crippen molar-refractivity contribution in [3.8, 4) is 0 Å². The Kier molecular flexibility index (Phi) is 6.37. The van der Waals surface area contributed by atoms with Crippen LogP contribution in [0.3, 0.4) is 0 Å². The number of fused-ring (bicyclic) bond motifs is 2. The van der Waals surface area contributed by atoms with Crippen LogP contribution in [-0.2, 0) is 19.6 Å². The summed E-state index contributed by atoms with van der Waals surface area (Å²) in [7, 11) is -3.70. The number of hydrogen-bond donors (Lipinski definition) is 0. The number of carbonyl (C=O) groups is 1. The molecule has 0 N–H and O–H groups in total. The van der Waals surface area contributed by atoms with E-state index in [0.29, 0.717) is 43.9 Å². The zero-order valence-corrected chi connectivity index (χ0v) is 20.0. The summed E-state index contributed by atoms with van der Waals surface area (Å²) in [4.78, 5) is 21.6. The number of carbonyl (C=O) groups excluding carboxylic acids is 1. The van der Waals surface area contributed by atoms with Crippen LogP contribution in [0.5, 0.6) is 0 Å². The molecule has 4 aromatic rings. The molecule has 1 saturated heterocycles. The molecule has 1 aromatic heterocycles. The second-order valence-corrected chi connectivity index (χ2v) is 9.98. The number of ether oxygens (including phenoxy) is 1. The zero-order valence-electron chi connectivity index (χ0n) is 19.2. The number of aromatic nitrogens is 3. The maximum absolute atomic E-state index is 13.1. The zero-order chi connectivity index (χ0) is 24.4. The molecule has 3 aromatic carbocycles. The summed E-state index contributed by atoms with van der Waals surface area (Å²) in [5.74, 6) is -0.260. The van der Waals surface area contributed by atoms with Gasteiger partial charge in [-0.3, -0.25) is 4.79 Å². The molecule has 1 fully saturated rings. The van der Waals surface area contributed by atoms with Crippen molar-refractivity contribution >= 4 is 43.4 Å². The van der Waals surface area contributed by atoms with Crippen molar-refractivity contribution in [2.24, 2.45) is 0 Å². The van der Waals surface area contributed by atoms with Crippen LogP contribution in [0.2, 0.25) is 0 Å². The van der Waals surface area contributed by atoms with Crippen LogP contribution < -0.4 is 9.74 Å². The first-order valence-electron chi connectivity index (χ1n) is 11.3. The molecule has 2 heterocycles. The van der Waals surface area contributed by atoms with Gasteiger partial charge in [-0.15, -0.1) is 5.10 Å². The van der Waals surface area contributed by atoms with Gasteiger partial charge in [-0.1, -0.05) is 41.2 Å². The predicted octanol–water partition coefficient (Wildman–Crippen LogP) is 2.09. The lowest BCUT2D eigenvalue weighted by atomic mass is 10.1. The topological polar surface area (TPSA) is 107 Å². The highest BCUT2D eigenvalue weighted by Gasteiger charge is 2.27. The third-order valence-corrected chi connectivity index (χ3v) is 7.87. The van der Waals surface area contributed by atoms with Crippen molar-refractivity contribution < 1.29 is 22.8 Å². The summed E-state index contributed by atoms with van der Waals surface area (Å²) >= 11 is 0. The van der Waals surface area contributed by atoms with Gasteiger partial charge in [0, 0.05) is 25.0 Å². The lowest BCUT2D eigenvalue weighted by Gasteiger charge is -2.26. The van der Waals surface area contributed by atoms with E-state index in [0.717, 1.165) is 21.3 Å². The van der Waals surface area contributed by atoms with Crippen molar-refractivity contribution in [1.29, 1.82) is 0 Å². The van der Waals surface area contributed by atoms with Crippen LogP contribution in [0, 0.1) is 0 Å². The van der Waals surface area contributed by atoms with Gasteiger partial charge >= 0.3 is 0 Å². The molecule has 10 nitrogen and oxygen atoms in total. The Hall–Kier alpha value is -3.54. The normalized spacial score (nSPS) is 14.9. The minimum Gasteiger partial charge on any atom is -0.385 e. The minimum absolute atomic E-state index is 0.108. The Balaban J connectivity index is 1.37. The summed E-state index contributed by atoms with van der Waals surface area (Å²) in [6.07, 6.45) is 0. The maximum Gasteiger partial charge on any atom is 0.267 e. The average molecular weight is 496 g/mol. The highest BCUT2D eigenvalue weighted by Crippen LogP contribution is 2.27. The van der Waals surface area contributed by atoms with E-state index in [9.17, 15) is 13.2 Å². The molecule has 182 valence electrons. The molecular formula is C24H25N5O5S. The Morgan fingerprint density at radius 2 is 1.86 bits per heavy atom. The number of rotatable bonds is 7. The highest BCUT2D eigenvalue weighted by molar-refractivity contribution is 7.89. The van der Waals surface area contributed by atoms with E-state index >= 15 is 0 Å². The summed E-state index contributed by atoms with van der Waals surface area (Å²) in [5.41, 5.74) is 1.61. The van der Waals surface area contributed by atoms with E-state index in [2.05, 4.69) is 10.3 Å². The fourth-order valence-corrected chi connectivity index (χ4v) is 5.62. The molecule has 0 aliphatic carbocycles. The fraction of sp³-hybridized carbons (Fsp3) is 0.292. The average Bonchev–Trinajstić information content (AvgIpc) is 3.31. The molecule has 0 saturated carbocycles. The Labute approximate surface area is 202 Å². The van der Waals surface area contributed by atoms with E-state index in [4.69, 9.17) is 9.57 Å². The van der Waals surface area contributed by atoms with Crippen molar-refractivity contribution in [3.63, 3.8) is 0 Å². The van der Waals surface area contributed by atoms with Gasteiger partial charge in [0.15, 0.2) is 6.61 Å². The Morgan fingerprint density at radius 3 is 2.66 bits per heavy atom. The van der Waals surface area contributed by atoms with Crippen LogP contribution >= 0.6 is 0 Å².